The first-order valence-corrected chi connectivity index (χ1v) is 7.26. The van der Waals surface area contributed by atoms with E-state index in [0.717, 1.165) is 18.2 Å². The van der Waals surface area contributed by atoms with E-state index in [9.17, 15) is 21.6 Å². The largest absolute Gasteiger partial charge is 0.416 e. The first kappa shape index (κ1) is 15.9. The molecule has 0 saturated heterocycles. The summed E-state index contributed by atoms with van der Waals surface area (Å²) < 4.78 is 66.7. The van der Waals surface area contributed by atoms with Gasteiger partial charge < -0.3 is 4.18 Å². The number of nitriles is 1. The molecular weight excluding hydrogens is 319 g/mol. The fraction of sp³-hybridized carbons (Fsp3) is 0.0714. The Bertz CT molecular complexity index is 839. The molecule has 0 spiro atoms. The van der Waals surface area contributed by atoms with Gasteiger partial charge in [0.05, 0.1) is 11.1 Å². The SMILES string of the molecule is N#Cc1ccccc1OS(=O)(=O)c1cccc(C(F)(F)F)c1. The molecule has 0 aromatic heterocycles. The number of benzene rings is 2. The molecule has 0 saturated carbocycles. The fourth-order valence-electron chi connectivity index (χ4n) is 1.63. The minimum atomic E-state index is -4.67. The summed E-state index contributed by atoms with van der Waals surface area (Å²) >= 11 is 0. The lowest BCUT2D eigenvalue weighted by atomic mass is 10.2. The fourth-order valence-corrected chi connectivity index (χ4v) is 2.62. The predicted octanol–water partition coefficient (Wildman–Crippen LogP) is 3.34. The summed E-state index contributed by atoms with van der Waals surface area (Å²) in [5.41, 5.74) is -1.15. The van der Waals surface area contributed by atoms with Crippen molar-refractivity contribution in [3.63, 3.8) is 0 Å². The number of rotatable bonds is 3. The van der Waals surface area contributed by atoms with Gasteiger partial charge in [-0.25, -0.2) is 0 Å². The summed E-state index contributed by atoms with van der Waals surface area (Å²) in [6, 6.07) is 10.4. The highest BCUT2D eigenvalue weighted by atomic mass is 32.2. The third-order valence-corrected chi connectivity index (χ3v) is 3.89. The number of para-hydroxylation sites is 1. The second-order valence-electron chi connectivity index (χ2n) is 4.17. The maximum absolute atomic E-state index is 12.6. The van der Waals surface area contributed by atoms with Gasteiger partial charge in [-0.15, -0.1) is 0 Å². The Hall–Kier alpha value is -2.53. The van der Waals surface area contributed by atoms with E-state index < -0.39 is 26.8 Å². The Labute approximate surface area is 124 Å². The summed E-state index contributed by atoms with van der Waals surface area (Å²) in [7, 11) is -4.48. The van der Waals surface area contributed by atoms with Crippen LogP contribution in [0.25, 0.3) is 0 Å². The summed E-state index contributed by atoms with van der Waals surface area (Å²) in [5.74, 6) is -0.248. The molecule has 114 valence electrons. The van der Waals surface area contributed by atoms with Gasteiger partial charge in [0.25, 0.3) is 0 Å². The molecule has 8 heteroatoms. The van der Waals surface area contributed by atoms with Gasteiger partial charge in [0.2, 0.25) is 0 Å². The Kier molecular flexibility index (Phi) is 4.10. The molecule has 0 radical (unpaired) electrons. The van der Waals surface area contributed by atoms with E-state index in [-0.39, 0.29) is 11.3 Å². The van der Waals surface area contributed by atoms with Gasteiger partial charge in [0, 0.05) is 0 Å². The molecule has 0 heterocycles. The van der Waals surface area contributed by atoms with Crippen LogP contribution in [0.1, 0.15) is 11.1 Å². The molecule has 4 nitrogen and oxygen atoms in total. The molecular formula is C14H8F3NO3S. The predicted molar refractivity (Wildman–Crippen MR) is 70.4 cm³/mol. The van der Waals surface area contributed by atoms with Gasteiger partial charge in [0.1, 0.15) is 11.0 Å². The highest BCUT2D eigenvalue weighted by molar-refractivity contribution is 7.87. The van der Waals surface area contributed by atoms with E-state index in [1.54, 1.807) is 6.07 Å². The van der Waals surface area contributed by atoms with E-state index in [1.807, 2.05) is 0 Å². The molecule has 0 fully saturated rings. The van der Waals surface area contributed by atoms with Crippen molar-refractivity contribution in [2.75, 3.05) is 0 Å². The lowest BCUT2D eigenvalue weighted by Gasteiger charge is -2.10. The zero-order chi connectivity index (χ0) is 16.4. The van der Waals surface area contributed by atoms with Crippen LogP contribution in [0.5, 0.6) is 5.75 Å². The van der Waals surface area contributed by atoms with Crippen LogP contribution in [-0.2, 0) is 16.3 Å². The maximum atomic E-state index is 12.6. The van der Waals surface area contributed by atoms with Crippen LogP contribution in [-0.4, -0.2) is 8.42 Å². The first-order valence-electron chi connectivity index (χ1n) is 5.85. The van der Waals surface area contributed by atoms with E-state index in [4.69, 9.17) is 9.44 Å². The van der Waals surface area contributed by atoms with Gasteiger partial charge in [0.15, 0.2) is 5.75 Å². The van der Waals surface area contributed by atoms with Crippen molar-refractivity contribution in [1.82, 2.24) is 0 Å². The van der Waals surface area contributed by atoms with Crippen LogP contribution < -0.4 is 4.18 Å². The first-order chi connectivity index (χ1) is 10.2. The van der Waals surface area contributed by atoms with Crippen molar-refractivity contribution in [3.05, 3.63) is 59.7 Å². The highest BCUT2D eigenvalue weighted by Crippen LogP contribution is 2.31. The van der Waals surface area contributed by atoms with Crippen LogP contribution in [0.15, 0.2) is 53.4 Å². The summed E-state index contributed by atoms with van der Waals surface area (Å²) in [5, 5.41) is 8.86. The van der Waals surface area contributed by atoms with Gasteiger partial charge in [-0.2, -0.15) is 26.9 Å². The van der Waals surface area contributed by atoms with E-state index in [2.05, 4.69) is 0 Å². The number of alkyl halides is 3. The Balaban J connectivity index is 2.42. The minimum absolute atomic E-state index is 0.0435. The Morgan fingerprint density at radius 1 is 1.05 bits per heavy atom. The van der Waals surface area contributed by atoms with Crippen LogP contribution in [0.2, 0.25) is 0 Å². The molecule has 0 amide bonds. The monoisotopic (exact) mass is 327 g/mol. The van der Waals surface area contributed by atoms with Gasteiger partial charge in [-0.05, 0) is 30.3 Å². The Morgan fingerprint density at radius 3 is 2.36 bits per heavy atom. The number of halogens is 3. The van der Waals surface area contributed by atoms with E-state index in [1.165, 1.54) is 24.3 Å². The maximum Gasteiger partial charge on any atom is 0.416 e. The molecule has 22 heavy (non-hydrogen) atoms. The zero-order valence-corrected chi connectivity index (χ0v) is 11.6. The summed E-state index contributed by atoms with van der Waals surface area (Å²) in [6.07, 6.45) is -4.67. The highest BCUT2D eigenvalue weighted by Gasteiger charge is 2.32. The third-order valence-electron chi connectivity index (χ3n) is 2.66. The number of nitrogens with zero attached hydrogens (tertiary/aromatic N) is 1. The van der Waals surface area contributed by atoms with Crippen molar-refractivity contribution < 1.29 is 25.8 Å². The van der Waals surface area contributed by atoms with E-state index in [0.29, 0.717) is 6.07 Å². The van der Waals surface area contributed by atoms with Crippen molar-refractivity contribution in [3.8, 4) is 11.8 Å². The van der Waals surface area contributed by atoms with Crippen LogP contribution in [0.4, 0.5) is 13.2 Å². The molecule has 0 N–H and O–H groups in total. The second-order valence-corrected chi connectivity index (χ2v) is 5.72. The molecule has 0 atom stereocenters. The Morgan fingerprint density at radius 2 is 1.73 bits per heavy atom. The van der Waals surface area contributed by atoms with Crippen LogP contribution in [0.3, 0.4) is 0 Å². The molecule has 0 aliphatic rings. The average molecular weight is 327 g/mol. The van der Waals surface area contributed by atoms with Crippen LogP contribution >= 0.6 is 0 Å². The molecule has 2 aromatic carbocycles. The molecule has 0 unspecified atom stereocenters. The van der Waals surface area contributed by atoms with Crippen molar-refractivity contribution >= 4 is 10.1 Å². The third kappa shape index (κ3) is 3.38. The van der Waals surface area contributed by atoms with Gasteiger partial charge >= 0.3 is 16.3 Å². The molecule has 2 rings (SSSR count). The number of hydrogen-bond acceptors (Lipinski definition) is 4. The van der Waals surface area contributed by atoms with E-state index >= 15 is 0 Å². The zero-order valence-electron chi connectivity index (χ0n) is 10.8. The topological polar surface area (TPSA) is 67.2 Å². The van der Waals surface area contributed by atoms with Crippen LogP contribution in [0, 0.1) is 11.3 Å². The lowest BCUT2D eigenvalue weighted by Crippen LogP contribution is -2.12. The minimum Gasteiger partial charge on any atom is -0.378 e. The second kappa shape index (κ2) is 5.69. The smallest absolute Gasteiger partial charge is 0.378 e. The molecule has 2 aromatic rings. The standard InChI is InChI=1S/C14H8F3NO3S/c15-14(16,17)11-5-3-6-12(8-11)22(19,20)21-13-7-2-1-4-10(13)9-18/h1-8H. The summed E-state index contributed by atoms with van der Waals surface area (Å²) in [4.78, 5) is -0.643. The number of hydrogen-bond donors (Lipinski definition) is 0. The normalized spacial score (nSPS) is 11.7. The quantitative estimate of drug-likeness (QED) is 0.811. The lowest BCUT2D eigenvalue weighted by molar-refractivity contribution is -0.137. The molecule has 0 aliphatic heterocycles. The van der Waals surface area contributed by atoms with Gasteiger partial charge in [-0.3, -0.25) is 0 Å². The van der Waals surface area contributed by atoms with Crippen molar-refractivity contribution in [2.45, 2.75) is 11.1 Å². The van der Waals surface area contributed by atoms with Crippen molar-refractivity contribution in [2.24, 2.45) is 0 Å². The molecule has 0 aliphatic carbocycles. The summed E-state index contributed by atoms with van der Waals surface area (Å²) in [6.45, 7) is 0. The molecule has 0 bridgehead atoms. The van der Waals surface area contributed by atoms with Crippen molar-refractivity contribution in [1.29, 1.82) is 5.26 Å². The van der Waals surface area contributed by atoms with Gasteiger partial charge in [-0.1, -0.05) is 18.2 Å². The average Bonchev–Trinajstić information content (AvgIpc) is 2.47.